The van der Waals surface area contributed by atoms with Crippen LogP contribution in [0.1, 0.15) is 0 Å². The van der Waals surface area contributed by atoms with Crippen molar-refractivity contribution in [1.29, 1.82) is 0 Å². The summed E-state index contributed by atoms with van der Waals surface area (Å²) in [6, 6.07) is 61.4. The standard InChI is InChI=1S/C54H32N6/c1-2-13-33(14-3-1)52-58-53(60-54(59-52)51-42-20-9-6-17-36(42)32-48-45(51)23-12-26-57-48)39-28-37(49-40-18-7-4-15-34(40)30-46-43(49)21-10-24-55-46)27-38(29-39)50-41-19-8-5-16-35(41)31-47-44(50)22-11-25-56-47/h1-32H. The van der Waals surface area contributed by atoms with Gasteiger partial charge in [0.1, 0.15) is 0 Å². The molecule has 0 aliphatic carbocycles. The van der Waals surface area contributed by atoms with Crippen LogP contribution in [0.4, 0.5) is 0 Å². The van der Waals surface area contributed by atoms with E-state index in [0.717, 1.165) is 104 Å². The quantitative estimate of drug-likeness (QED) is 0.162. The average molecular weight is 765 g/mol. The topological polar surface area (TPSA) is 77.3 Å². The Labute approximate surface area is 344 Å². The second-order valence-corrected chi connectivity index (χ2v) is 15.1. The molecule has 60 heavy (non-hydrogen) atoms. The first-order valence-corrected chi connectivity index (χ1v) is 20.0. The van der Waals surface area contributed by atoms with Crippen LogP contribution in [0, 0.1) is 0 Å². The van der Waals surface area contributed by atoms with Crippen LogP contribution in [-0.2, 0) is 0 Å². The Kier molecular flexibility index (Phi) is 7.74. The predicted molar refractivity (Wildman–Crippen MR) is 245 cm³/mol. The van der Waals surface area contributed by atoms with Crippen LogP contribution in [0.3, 0.4) is 0 Å². The number of aromatic nitrogens is 6. The molecule has 0 amide bonds. The number of benzene rings is 8. The molecule has 6 heteroatoms. The van der Waals surface area contributed by atoms with E-state index in [4.69, 9.17) is 29.9 Å². The fourth-order valence-electron chi connectivity index (χ4n) is 8.90. The molecule has 0 fully saturated rings. The molecule has 0 atom stereocenters. The Morgan fingerprint density at radius 1 is 0.250 bits per heavy atom. The minimum Gasteiger partial charge on any atom is -0.256 e. The van der Waals surface area contributed by atoms with Gasteiger partial charge in [-0.2, -0.15) is 0 Å². The number of hydrogen-bond acceptors (Lipinski definition) is 6. The molecule has 0 saturated heterocycles. The molecule has 0 N–H and O–H groups in total. The number of rotatable bonds is 5. The average Bonchev–Trinajstić information content (AvgIpc) is 3.31. The predicted octanol–water partition coefficient (Wildman–Crippen LogP) is 13.3. The number of nitrogens with zero attached hydrogens (tertiary/aromatic N) is 6. The first-order chi connectivity index (χ1) is 29.7. The molecule has 12 aromatic rings. The highest BCUT2D eigenvalue weighted by atomic mass is 15.0. The summed E-state index contributed by atoms with van der Waals surface area (Å²) >= 11 is 0. The zero-order valence-electron chi connectivity index (χ0n) is 32.2. The van der Waals surface area contributed by atoms with Crippen molar-refractivity contribution >= 4 is 65.0 Å². The lowest BCUT2D eigenvalue weighted by Gasteiger charge is -2.17. The van der Waals surface area contributed by atoms with E-state index in [9.17, 15) is 0 Å². The van der Waals surface area contributed by atoms with Crippen LogP contribution in [0.25, 0.3) is 121 Å². The summed E-state index contributed by atoms with van der Waals surface area (Å²) in [5, 5.41) is 9.76. The van der Waals surface area contributed by atoms with Crippen LogP contribution in [-0.4, -0.2) is 29.9 Å². The second kappa shape index (κ2) is 13.7. The van der Waals surface area contributed by atoms with Gasteiger partial charge in [-0.15, -0.1) is 0 Å². The van der Waals surface area contributed by atoms with E-state index in [-0.39, 0.29) is 0 Å². The third-order valence-corrected chi connectivity index (χ3v) is 11.6. The zero-order chi connectivity index (χ0) is 39.6. The van der Waals surface area contributed by atoms with Gasteiger partial charge < -0.3 is 0 Å². The molecule has 0 bridgehead atoms. The lowest BCUT2D eigenvalue weighted by atomic mass is 9.88. The molecule has 278 valence electrons. The van der Waals surface area contributed by atoms with Crippen molar-refractivity contribution in [3.8, 4) is 56.4 Å². The second-order valence-electron chi connectivity index (χ2n) is 15.1. The van der Waals surface area contributed by atoms with Gasteiger partial charge in [0.25, 0.3) is 0 Å². The Balaban J connectivity index is 1.22. The number of pyridine rings is 3. The molecule has 0 radical (unpaired) electrons. The molecule has 0 unspecified atom stereocenters. The van der Waals surface area contributed by atoms with Gasteiger partial charge in [-0.05, 0) is 109 Å². The highest BCUT2D eigenvalue weighted by Crippen LogP contribution is 2.43. The normalized spacial score (nSPS) is 11.7. The molecule has 0 saturated carbocycles. The van der Waals surface area contributed by atoms with E-state index in [1.165, 1.54) is 0 Å². The summed E-state index contributed by atoms with van der Waals surface area (Å²) in [5.74, 6) is 1.74. The molecule has 12 rings (SSSR count). The molecule has 0 spiro atoms. The summed E-state index contributed by atoms with van der Waals surface area (Å²) in [5.41, 5.74) is 9.70. The van der Waals surface area contributed by atoms with Crippen molar-refractivity contribution in [3.05, 3.63) is 195 Å². The van der Waals surface area contributed by atoms with Crippen molar-refractivity contribution < 1.29 is 0 Å². The van der Waals surface area contributed by atoms with Gasteiger partial charge in [-0.3, -0.25) is 15.0 Å². The van der Waals surface area contributed by atoms with E-state index < -0.39 is 0 Å². The fourth-order valence-corrected chi connectivity index (χ4v) is 8.90. The van der Waals surface area contributed by atoms with Crippen molar-refractivity contribution in [2.75, 3.05) is 0 Å². The lowest BCUT2D eigenvalue weighted by Crippen LogP contribution is -2.02. The van der Waals surface area contributed by atoms with Crippen molar-refractivity contribution in [2.45, 2.75) is 0 Å². The van der Waals surface area contributed by atoms with Crippen molar-refractivity contribution in [2.24, 2.45) is 0 Å². The Bertz CT molecular complexity index is 3380. The Morgan fingerprint density at radius 2 is 0.617 bits per heavy atom. The first-order valence-electron chi connectivity index (χ1n) is 20.0. The largest absolute Gasteiger partial charge is 0.256 e. The maximum absolute atomic E-state index is 5.44. The minimum absolute atomic E-state index is 0.567. The maximum Gasteiger partial charge on any atom is 0.165 e. The summed E-state index contributed by atoms with van der Waals surface area (Å²) in [6.07, 6.45) is 5.56. The fraction of sp³-hybridized carbons (Fsp3) is 0. The van der Waals surface area contributed by atoms with Crippen LogP contribution in [0.5, 0.6) is 0 Å². The molecule has 4 aromatic heterocycles. The number of hydrogen-bond donors (Lipinski definition) is 0. The molecule has 0 aliphatic heterocycles. The van der Waals surface area contributed by atoms with Gasteiger partial charge in [0.15, 0.2) is 17.5 Å². The van der Waals surface area contributed by atoms with E-state index in [0.29, 0.717) is 17.5 Å². The van der Waals surface area contributed by atoms with Crippen LogP contribution >= 0.6 is 0 Å². The van der Waals surface area contributed by atoms with Gasteiger partial charge >= 0.3 is 0 Å². The van der Waals surface area contributed by atoms with Crippen LogP contribution < -0.4 is 0 Å². The molecule has 6 nitrogen and oxygen atoms in total. The van der Waals surface area contributed by atoms with E-state index in [1.54, 1.807) is 0 Å². The SMILES string of the molecule is c1ccc(-c2nc(-c3cc(-c4c5ccccc5cc5ncccc45)cc(-c4c5ccccc5cc5ncccc45)c3)nc(-c3c4ccccc4cc4ncccc34)n2)cc1. The third-order valence-electron chi connectivity index (χ3n) is 11.6. The van der Waals surface area contributed by atoms with E-state index in [1.807, 2.05) is 55.0 Å². The van der Waals surface area contributed by atoms with E-state index in [2.05, 4.69) is 140 Å². The lowest BCUT2D eigenvalue weighted by molar-refractivity contribution is 1.08. The first kappa shape index (κ1) is 33.9. The number of fused-ring (bicyclic) bond motifs is 6. The highest BCUT2D eigenvalue weighted by molar-refractivity contribution is 6.15. The zero-order valence-corrected chi connectivity index (χ0v) is 32.2. The van der Waals surface area contributed by atoms with E-state index >= 15 is 0 Å². The molecular formula is C54H32N6. The van der Waals surface area contributed by atoms with Crippen LogP contribution in [0.2, 0.25) is 0 Å². The molecule has 8 aromatic carbocycles. The molecule has 4 heterocycles. The smallest absolute Gasteiger partial charge is 0.165 e. The third kappa shape index (κ3) is 5.57. The summed E-state index contributed by atoms with van der Waals surface area (Å²) < 4.78 is 0. The molecule has 0 aliphatic rings. The van der Waals surface area contributed by atoms with Gasteiger partial charge in [0.05, 0.1) is 16.6 Å². The Hall–Kier alpha value is -8.22. The molecular weight excluding hydrogens is 733 g/mol. The van der Waals surface area contributed by atoms with Crippen LogP contribution in [0.15, 0.2) is 195 Å². The monoisotopic (exact) mass is 764 g/mol. The minimum atomic E-state index is 0.567. The summed E-state index contributed by atoms with van der Waals surface area (Å²) in [6.45, 7) is 0. The van der Waals surface area contributed by atoms with Gasteiger partial charge in [0, 0.05) is 51.4 Å². The summed E-state index contributed by atoms with van der Waals surface area (Å²) in [4.78, 5) is 30.5. The van der Waals surface area contributed by atoms with Gasteiger partial charge in [0.2, 0.25) is 0 Å². The van der Waals surface area contributed by atoms with Gasteiger partial charge in [-0.25, -0.2) is 15.0 Å². The summed E-state index contributed by atoms with van der Waals surface area (Å²) in [7, 11) is 0. The van der Waals surface area contributed by atoms with Crippen molar-refractivity contribution in [3.63, 3.8) is 0 Å². The maximum atomic E-state index is 5.44. The van der Waals surface area contributed by atoms with Gasteiger partial charge in [-0.1, -0.05) is 121 Å². The van der Waals surface area contributed by atoms with Crippen molar-refractivity contribution in [1.82, 2.24) is 29.9 Å². The highest BCUT2D eigenvalue weighted by Gasteiger charge is 2.21. The Morgan fingerprint density at radius 3 is 1.12 bits per heavy atom.